The normalized spacial score (nSPS) is 20.6. The van der Waals surface area contributed by atoms with Crippen molar-refractivity contribution in [1.29, 1.82) is 0 Å². The second kappa shape index (κ2) is 5.21. The van der Waals surface area contributed by atoms with E-state index in [9.17, 15) is 4.79 Å². The molecule has 2 rings (SSSR count). The summed E-state index contributed by atoms with van der Waals surface area (Å²) in [7, 11) is 0. The molecule has 1 unspecified atom stereocenters. The Morgan fingerprint density at radius 1 is 1.35 bits per heavy atom. The zero-order chi connectivity index (χ0) is 15.0. The topological polar surface area (TPSA) is 38.3 Å². The number of esters is 1. The molecular weight excluding hydrogens is 250 g/mol. The molecule has 0 radical (unpaired) electrons. The molecule has 0 amide bonds. The van der Waals surface area contributed by atoms with E-state index in [4.69, 9.17) is 4.74 Å². The fraction of sp³-hybridized carbons (Fsp3) is 0.588. The Balaban J connectivity index is 2.04. The number of fused-ring (bicyclic) bond motifs is 1. The van der Waals surface area contributed by atoms with E-state index in [0.717, 1.165) is 6.42 Å². The van der Waals surface area contributed by atoms with Crippen molar-refractivity contribution in [2.24, 2.45) is 5.41 Å². The van der Waals surface area contributed by atoms with Gasteiger partial charge in [-0.15, -0.1) is 0 Å². The van der Waals surface area contributed by atoms with Gasteiger partial charge in [-0.25, -0.2) is 0 Å². The number of hydrogen-bond donors (Lipinski definition) is 1. The minimum atomic E-state index is -0.429. The largest absolute Gasteiger partial charge is 0.459 e. The Labute approximate surface area is 121 Å². The van der Waals surface area contributed by atoms with E-state index in [1.165, 1.54) is 11.1 Å². The Bertz CT molecular complexity index is 500. The smallest absolute Gasteiger partial charge is 0.320 e. The molecular formula is C17H25NO2. The van der Waals surface area contributed by atoms with Crippen LogP contribution < -0.4 is 5.32 Å². The maximum absolute atomic E-state index is 11.9. The first-order chi connectivity index (χ1) is 9.19. The molecule has 3 heteroatoms. The number of ether oxygens (including phenoxy) is 1. The van der Waals surface area contributed by atoms with Crippen LogP contribution in [-0.4, -0.2) is 18.1 Å². The molecule has 1 aromatic rings. The van der Waals surface area contributed by atoms with Crippen molar-refractivity contribution in [1.82, 2.24) is 5.32 Å². The third kappa shape index (κ3) is 3.40. The van der Waals surface area contributed by atoms with E-state index in [2.05, 4.69) is 43.4 Å². The number of rotatable bonds is 3. The zero-order valence-corrected chi connectivity index (χ0v) is 13.1. The van der Waals surface area contributed by atoms with Crippen LogP contribution in [0.2, 0.25) is 0 Å². The SMILES string of the molecule is CC(C)(C)OC(=O)CNC1c2ccccc2CC1(C)C. The highest BCUT2D eigenvalue weighted by Crippen LogP contribution is 2.44. The summed E-state index contributed by atoms with van der Waals surface area (Å²) < 4.78 is 5.35. The fourth-order valence-corrected chi connectivity index (χ4v) is 2.94. The maximum atomic E-state index is 11.9. The first kappa shape index (κ1) is 15.0. The number of carbonyl (C=O) groups is 1. The van der Waals surface area contributed by atoms with Crippen LogP contribution in [0.4, 0.5) is 0 Å². The molecule has 110 valence electrons. The summed E-state index contributed by atoms with van der Waals surface area (Å²) >= 11 is 0. The monoisotopic (exact) mass is 275 g/mol. The Morgan fingerprint density at radius 2 is 2.00 bits per heavy atom. The summed E-state index contributed by atoms with van der Waals surface area (Å²) in [5, 5.41) is 3.38. The van der Waals surface area contributed by atoms with Crippen LogP contribution in [0.25, 0.3) is 0 Å². The molecule has 0 spiro atoms. The van der Waals surface area contributed by atoms with Crippen molar-refractivity contribution >= 4 is 5.97 Å². The highest BCUT2D eigenvalue weighted by atomic mass is 16.6. The fourth-order valence-electron chi connectivity index (χ4n) is 2.94. The Kier molecular flexibility index (Phi) is 3.92. The molecule has 0 aromatic heterocycles. The average molecular weight is 275 g/mol. The molecule has 0 heterocycles. The Morgan fingerprint density at radius 3 is 2.65 bits per heavy atom. The van der Waals surface area contributed by atoms with Gasteiger partial charge in [-0.05, 0) is 43.7 Å². The molecule has 1 atom stereocenters. The van der Waals surface area contributed by atoms with Gasteiger partial charge in [0, 0.05) is 6.04 Å². The van der Waals surface area contributed by atoms with Crippen molar-refractivity contribution in [3.63, 3.8) is 0 Å². The van der Waals surface area contributed by atoms with E-state index in [1.54, 1.807) is 0 Å². The van der Waals surface area contributed by atoms with Gasteiger partial charge < -0.3 is 4.74 Å². The van der Waals surface area contributed by atoms with Crippen LogP contribution in [0.1, 0.15) is 51.8 Å². The van der Waals surface area contributed by atoms with Crippen molar-refractivity contribution < 1.29 is 9.53 Å². The summed E-state index contributed by atoms with van der Waals surface area (Å²) in [6, 6.07) is 8.66. The Hall–Kier alpha value is -1.35. The van der Waals surface area contributed by atoms with Crippen LogP contribution in [0.15, 0.2) is 24.3 Å². The summed E-state index contributed by atoms with van der Waals surface area (Å²) in [5.74, 6) is -0.197. The summed E-state index contributed by atoms with van der Waals surface area (Å²) in [6.07, 6.45) is 1.04. The van der Waals surface area contributed by atoms with Crippen LogP contribution in [0.5, 0.6) is 0 Å². The lowest BCUT2D eigenvalue weighted by Gasteiger charge is -2.29. The van der Waals surface area contributed by atoms with Gasteiger partial charge in [-0.1, -0.05) is 38.1 Å². The maximum Gasteiger partial charge on any atom is 0.320 e. The first-order valence-electron chi connectivity index (χ1n) is 7.22. The third-order valence-corrected chi connectivity index (χ3v) is 3.66. The minimum Gasteiger partial charge on any atom is -0.459 e. The summed E-state index contributed by atoms with van der Waals surface area (Å²) in [4.78, 5) is 11.9. The van der Waals surface area contributed by atoms with E-state index in [0.29, 0.717) is 0 Å². The molecule has 3 nitrogen and oxygen atoms in total. The van der Waals surface area contributed by atoms with Crippen molar-refractivity contribution in [2.45, 2.75) is 52.7 Å². The van der Waals surface area contributed by atoms with Gasteiger partial charge in [0.05, 0.1) is 6.54 Å². The average Bonchev–Trinajstić information content (AvgIpc) is 2.53. The van der Waals surface area contributed by atoms with E-state index >= 15 is 0 Å². The van der Waals surface area contributed by atoms with Gasteiger partial charge in [-0.3, -0.25) is 10.1 Å². The molecule has 1 aliphatic carbocycles. The molecule has 0 fully saturated rings. The molecule has 20 heavy (non-hydrogen) atoms. The van der Waals surface area contributed by atoms with Crippen LogP contribution in [0, 0.1) is 5.41 Å². The molecule has 1 aliphatic rings. The molecule has 1 aromatic carbocycles. The molecule has 0 bridgehead atoms. The predicted octanol–water partition coefficient (Wildman–Crippen LogP) is 3.24. The number of hydrogen-bond acceptors (Lipinski definition) is 3. The lowest BCUT2D eigenvalue weighted by Crippen LogP contribution is -2.37. The zero-order valence-electron chi connectivity index (χ0n) is 13.1. The minimum absolute atomic E-state index is 0.117. The first-order valence-corrected chi connectivity index (χ1v) is 7.22. The highest BCUT2D eigenvalue weighted by molar-refractivity contribution is 5.72. The molecule has 1 N–H and O–H groups in total. The lowest BCUT2D eigenvalue weighted by molar-refractivity contribution is -0.153. The second-order valence-electron chi connectivity index (χ2n) is 7.26. The standard InChI is InChI=1S/C17H25NO2/c1-16(2,3)20-14(19)11-18-15-13-9-7-6-8-12(13)10-17(15,4)5/h6-9,15,18H,10-11H2,1-5H3. The number of carbonyl (C=O) groups excluding carboxylic acids is 1. The van der Waals surface area contributed by atoms with Crippen molar-refractivity contribution in [2.75, 3.05) is 6.54 Å². The van der Waals surface area contributed by atoms with Crippen LogP contribution in [-0.2, 0) is 16.0 Å². The summed E-state index contributed by atoms with van der Waals surface area (Å²) in [6.45, 7) is 10.4. The van der Waals surface area contributed by atoms with Crippen molar-refractivity contribution in [3.05, 3.63) is 35.4 Å². The quantitative estimate of drug-likeness (QED) is 0.861. The highest BCUT2D eigenvalue weighted by Gasteiger charge is 2.38. The van der Waals surface area contributed by atoms with Gasteiger partial charge in [0.1, 0.15) is 5.60 Å². The van der Waals surface area contributed by atoms with Gasteiger partial charge in [0.25, 0.3) is 0 Å². The summed E-state index contributed by atoms with van der Waals surface area (Å²) in [5.41, 5.74) is 2.37. The second-order valence-corrected chi connectivity index (χ2v) is 7.26. The van der Waals surface area contributed by atoms with Gasteiger partial charge in [0.15, 0.2) is 0 Å². The van der Waals surface area contributed by atoms with E-state index < -0.39 is 5.60 Å². The van der Waals surface area contributed by atoms with E-state index in [-0.39, 0.29) is 24.0 Å². The van der Waals surface area contributed by atoms with Crippen LogP contribution >= 0.6 is 0 Å². The van der Waals surface area contributed by atoms with Crippen molar-refractivity contribution in [3.8, 4) is 0 Å². The van der Waals surface area contributed by atoms with Crippen LogP contribution in [0.3, 0.4) is 0 Å². The van der Waals surface area contributed by atoms with Gasteiger partial charge in [0.2, 0.25) is 0 Å². The van der Waals surface area contributed by atoms with Gasteiger partial charge >= 0.3 is 5.97 Å². The third-order valence-electron chi connectivity index (χ3n) is 3.66. The molecule has 0 saturated heterocycles. The molecule has 0 aliphatic heterocycles. The number of benzene rings is 1. The van der Waals surface area contributed by atoms with E-state index in [1.807, 2.05) is 20.8 Å². The predicted molar refractivity (Wildman–Crippen MR) is 80.5 cm³/mol. The lowest BCUT2D eigenvalue weighted by atomic mass is 9.85. The number of nitrogens with one attached hydrogen (secondary N) is 1. The van der Waals surface area contributed by atoms with Gasteiger partial charge in [-0.2, -0.15) is 0 Å². The molecule has 0 saturated carbocycles.